The maximum absolute atomic E-state index is 12.0. The molecule has 3 rings (SSSR count). The zero-order valence-electron chi connectivity index (χ0n) is 16.6. The monoisotopic (exact) mass is 386 g/mol. The average Bonchev–Trinajstić information content (AvgIpc) is 3.00. The molecule has 0 atom stereocenters. The number of hydrogen-bond acceptors (Lipinski definition) is 4. The fourth-order valence-corrected chi connectivity index (χ4v) is 3.04. The molecular weight excluding hydrogens is 364 g/mol. The van der Waals surface area contributed by atoms with Gasteiger partial charge < -0.3 is 9.30 Å². The number of benzene rings is 2. The van der Waals surface area contributed by atoms with Gasteiger partial charge in [-0.25, -0.2) is 5.43 Å². The first-order valence-corrected chi connectivity index (χ1v) is 9.19. The summed E-state index contributed by atoms with van der Waals surface area (Å²) in [5.74, 6) is -0.0305. The van der Waals surface area contributed by atoms with Gasteiger partial charge >= 0.3 is 0 Å². The van der Waals surface area contributed by atoms with Crippen LogP contribution in [0.15, 0.2) is 59.7 Å². The smallest absolute Gasteiger partial charge is 0.277 e. The van der Waals surface area contributed by atoms with Crippen molar-refractivity contribution in [3.8, 4) is 17.5 Å². The van der Waals surface area contributed by atoms with Gasteiger partial charge in [0.05, 0.1) is 11.8 Å². The van der Waals surface area contributed by atoms with E-state index in [0.717, 1.165) is 22.6 Å². The second-order valence-electron chi connectivity index (χ2n) is 6.69. The number of aryl methyl sites for hydroxylation is 2. The summed E-state index contributed by atoms with van der Waals surface area (Å²) in [6.07, 6.45) is 1.62. The van der Waals surface area contributed by atoms with E-state index in [1.165, 1.54) is 5.56 Å². The Hall–Kier alpha value is -3.85. The average molecular weight is 386 g/mol. The number of hydrazone groups is 1. The topological polar surface area (TPSA) is 79.4 Å². The Labute approximate surface area is 170 Å². The highest BCUT2D eigenvalue weighted by molar-refractivity contribution is 5.84. The van der Waals surface area contributed by atoms with E-state index in [2.05, 4.69) is 46.3 Å². The second kappa shape index (κ2) is 8.89. The molecule has 146 valence electrons. The molecule has 29 heavy (non-hydrogen) atoms. The number of rotatable bonds is 6. The highest BCUT2D eigenvalue weighted by atomic mass is 16.5. The van der Waals surface area contributed by atoms with Crippen LogP contribution in [0.3, 0.4) is 0 Å². The number of nitrogens with one attached hydrogen (secondary N) is 1. The molecule has 0 aliphatic heterocycles. The summed E-state index contributed by atoms with van der Waals surface area (Å²) in [6, 6.07) is 19.1. The van der Waals surface area contributed by atoms with E-state index in [-0.39, 0.29) is 6.61 Å². The second-order valence-corrected chi connectivity index (χ2v) is 6.69. The van der Waals surface area contributed by atoms with Crippen molar-refractivity contribution in [3.05, 3.63) is 82.7 Å². The number of carbonyl (C=O) groups excluding carboxylic acids is 1. The maximum atomic E-state index is 12.0. The summed E-state index contributed by atoms with van der Waals surface area (Å²) in [5, 5.41) is 13.1. The van der Waals surface area contributed by atoms with Gasteiger partial charge in [0, 0.05) is 22.6 Å². The summed E-state index contributed by atoms with van der Waals surface area (Å²) in [6.45, 7) is 5.88. The van der Waals surface area contributed by atoms with Crippen molar-refractivity contribution in [3.63, 3.8) is 0 Å². The number of carbonyl (C=O) groups is 1. The van der Waals surface area contributed by atoms with Crippen LogP contribution in [0.1, 0.15) is 28.1 Å². The summed E-state index contributed by atoms with van der Waals surface area (Å²) in [7, 11) is 0. The predicted molar refractivity (Wildman–Crippen MR) is 112 cm³/mol. The quantitative estimate of drug-likeness (QED) is 0.517. The van der Waals surface area contributed by atoms with Crippen LogP contribution in [0.4, 0.5) is 0 Å². The zero-order valence-corrected chi connectivity index (χ0v) is 16.6. The van der Waals surface area contributed by atoms with Gasteiger partial charge in [-0.2, -0.15) is 10.4 Å². The van der Waals surface area contributed by atoms with Crippen molar-refractivity contribution in [1.82, 2.24) is 9.99 Å². The van der Waals surface area contributed by atoms with Crippen molar-refractivity contribution in [1.29, 1.82) is 5.26 Å². The molecule has 0 aliphatic carbocycles. The van der Waals surface area contributed by atoms with Crippen molar-refractivity contribution >= 4 is 12.1 Å². The lowest BCUT2D eigenvalue weighted by Crippen LogP contribution is -2.24. The third-order valence-electron chi connectivity index (χ3n) is 4.52. The lowest BCUT2D eigenvalue weighted by molar-refractivity contribution is -0.123. The van der Waals surface area contributed by atoms with Crippen molar-refractivity contribution in [2.75, 3.05) is 6.61 Å². The number of ether oxygens (including phenoxy) is 1. The number of hydrogen-bond donors (Lipinski definition) is 1. The number of nitriles is 1. The molecule has 0 bridgehead atoms. The SMILES string of the molecule is Cc1ccc(-n2c(C)cc(/C=N/NC(=O)COc3ccccc3C#N)c2C)cc1. The van der Waals surface area contributed by atoms with Gasteiger partial charge in [0.15, 0.2) is 6.61 Å². The maximum Gasteiger partial charge on any atom is 0.277 e. The van der Waals surface area contributed by atoms with Crippen LogP contribution in [0.2, 0.25) is 0 Å². The summed E-state index contributed by atoms with van der Waals surface area (Å²) < 4.78 is 7.54. The first kappa shape index (κ1) is 19.9. The van der Waals surface area contributed by atoms with Crippen LogP contribution in [0.5, 0.6) is 5.75 Å². The highest BCUT2D eigenvalue weighted by Crippen LogP contribution is 2.20. The number of para-hydroxylation sites is 1. The van der Waals surface area contributed by atoms with Gasteiger partial charge in [0.2, 0.25) is 0 Å². The van der Waals surface area contributed by atoms with E-state index in [4.69, 9.17) is 10.00 Å². The van der Waals surface area contributed by atoms with E-state index in [9.17, 15) is 4.79 Å². The Morgan fingerprint density at radius 1 is 1.17 bits per heavy atom. The Morgan fingerprint density at radius 3 is 2.62 bits per heavy atom. The van der Waals surface area contributed by atoms with Crippen LogP contribution >= 0.6 is 0 Å². The largest absolute Gasteiger partial charge is 0.482 e. The molecule has 0 radical (unpaired) electrons. The molecule has 0 fully saturated rings. The molecule has 1 N–H and O–H groups in total. The molecule has 6 heteroatoms. The van der Waals surface area contributed by atoms with Gasteiger partial charge in [0.1, 0.15) is 11.8 Å². The van der Waals surface area contributed by atoms with E-state index in [1.807, 2.05) is 26.0 Å². The van der Waals surface area contributed by atoms with Crippen molar-refractivity contribution < 1.29 is 9.53 Å². The molecule has 3 aromatic rings. The van der Waals surface area contributed by atoms with Gasteiger partial charge in [-0.3, -0.25) is 4.79 Å². The van der Waals surface area contributed by atoms with E-state index >= 15 is 0 Å². The lowest BCUT2D eigenvalue weighted by atomic mass is 10.2. The molecule has 6 nitrogen and oxygen atoms in total. The Balaban J connectivity index is 1.63. The van der Waals surface area contributed by atoms with Gasteiger partial charge in [-0.05, 0) is 51.1 Å². The number of amides is 1. The minimum absolute atomic E-state index is 0.224. The molecule has 1 amide bonds. The highest BCUT2D eigenvalue weighted by Gasteiger charge is 2.10. The van der Waals surface area contributed by atoms with Crippen LogP contribution in [-0.2, 0) is 4.79 Å². The van der Waals surface area contributed by atoms with Gasteiger partial charge in [0.25, 0.3) is 5.91 Å². The molecule has 2 aromatic carbocycles. The minimum atomic E-state index is -0.402. The van der Waals surface area contributed by atoms with E-state index < -0.39 is 5.91 Å². The summed E-state index contributed by atoms with van der Waals surface area (Å²) in [5.41, 5.74) is 8.15. The van der Waals surface area contributed by atoms with Crippen molar-refractivity contribution in [2.24, 2.45) is 5.10 Å². The van der Waals surface area contributed by atoms with Crippen LogP contribution in [0, 0.1) is 32.1 Å². The molecule has 1 heterocycles. The van der Waals surface area contributed by atoms with Gasteiger partial charge in [-0.15, -0.1) is 0 Å². The fraction of sp³-hybridized carbons (Fsp3) is 0.174. The first-order valence-electron chi connectivity index (χ1n) is 9.19. The molecule has 0 saturated heterocycles. The van der Waals surface area contributed by atoms with Crippen molar-refractivity contribution in [2.45, 2.75) is 20.8 Å². The molecular formula is C23H22N4O2. The number of nitrogens with zero attached hydrogens (tertiary/aromatic N) is 3. The molecule has 1 aromatic heterocycles. The Morgan fingerprint density at radius 2 is 1.90 bits per heavy atom. The van der Waals surface area contributed by atoms with Crippen LogP contribution < -0.4 is 10.2 Å². The lowest BCUT2D eigenvalue weighted by Gasteiger charge is -2.09. The predicted octanol–water partition coefficient (Wildman–Crippen LogP) is 3.80. The molecule has 0 spiro atoms. The number of aromatic nitrogens is 1. The van der Waals surface area contributed by atoms with E-state index in [0.29, 0.717) is 11.3 Å². The Bertz CT molecular complexity index is 1090. The van der Waals surface area contributed by atoms with E-state index in [1.54, 1.807) is 30.5 Å². The molecule has 0 aliphatic rings. The van der Waals surface area contributed by atoms with Crippen LogP contribution in [-0.4, -0.2) is 23.3 Å². The fourth-order valence-electron chi connectivity index (χ4n) is 3.04. The Kier molecular flexibility index (Phi) is 6.10. The molecule has 0 unspecified atom stereocenters. The third-order valence-corrected chi connectivity index (χ3v) is 4.52. The third kappa shape index (κ3) is 4.71. The molecule has 0 saturated carbocycles. The standard InChI is InChI=1S/C23H22N4O2/c1-16-8-10-21(11-9-16)27-17(2)12-20(18(27)3)14-25-26-23(28)15-29-22-7-5-4-6-19(22)13-24/h4-12,14H,15H2,1-3H3,(H,26,28)/b25-14+. The minimum Gasteiger partial charge on any atom is -0.482 e. The first-order chi connectivity index (χ1) is 14.0. The zero-order chi connectivity index (χ0) is 20.8. The normalized spacial score (nSPS) is 10.7. The van der Waals surface area contributed by atoms with Gasteiger partial charge in [-0.1, -0.05) is 29.8 Å². The van der Waals surface area contributed by atoms with Crippen LogP contribution in [0.25, 0.3) is 5.69 Å². The summed E-state index contributed by atoms with van der Waals surface area (Å²) >= 11 is 0. The summed E-state index contributed by atoms with van der Waals surface area (Å²) in [4.78, 5) is 12.0.